The van der Waals surface area contributed by atoms with Crippen molar-refractivity contribution in [3.8, 4) is 0 Å². The minimum absolute atomic E-state index is 0.142. The van der Waals surface area contributed by atoms with E-state index in [-0.39, 0.29) is 11.9 Å². The number of hydrogen-bond acceptors (Lipinski definition) is 5. The average molecular weight is 339 g/mol. The molecule has 0 aliphatic heterocycles. The summed E-state index contributed by atoms with van der Waals surface area (Å²) in [6.07, 6.45) is 4.15. The highest BCUT2D eigenvalue weighted by atomic mass is 16.5. The van der Waals surface area contributed by atoms with Crippen molar-refractivity contribution in [1.29, 1.82) is 0 Å². The fraction of sp³-hybridized carbons (Fsp3) is 0.444. The smallest absolute Gasteiger partial charge is 0.259 e. The number of amides is 1. The van der Waals surface area contributed by atoms with E-state index in [2.05, 4.69) is 20.6 Å². The van der Waals surface area contributed by atoms with Crippen LogP contribution in [0.1, 0.15) is 64.7 Å². The number of aromatic nitrogens is 4. The van der Waals surface area contributed by atoms with Crippen LogP contribution in [0.3, 0.4) is 0 Å². The number of pyridine rings is 1. The lowest BCUT2D eigenvalue weighted by molar-refractivity contribution is 0.0941. The fourth-order valence-electron chi connectivity index (χ4n) is 3.28. The molecule has 1 N–H and O–H groups in total. The highest BCUT2D eigenvalue weighted by Crippen LogP contribution is 2.40. The Labute approximate surface area is 145 Å². The van der Waals surface area contributed by atoms with E-state index in [0.29, 0.717) is 28.3 Å². The zero-order chi connectivity index (χ0) is 17.7. The van der Waals surface area contributed by atoms with Gasteiger partial charge >= 0.3 is 0 Å². The van der Waals surface area contributed by atoms with Gasteiger partial charge in [-0.25, -0.2) is 4.98 Å². The molecule has 1 saturated carbocycles. The molecule has 0 saturated heterocycles. The maximum atomic E-state index is 13.0. The Bertz CT molecular complexity index is 967. The summed E-state index contributed by atoms with van der Waals surface area (Å²) in [6, 6.07) is 1.75. The third-order valence-electron chi connectivity index (χ3n) is 4.74. The van der Waals surface area contributed by atoms with E-state index in [9.17, 15) is 4.79 Å². The van der Waals surface area contributed by atoms with E-state index in [4.69, 9.17) is 4.52 Å². The Morgan fingerprint density at radius 2 is 2.12 bits per heavy atom. The zero-order valence-electron chi connectivity index (χ0n) is 14.8. The molecule has 0 spiro atoms. The van der Waals surface area contributed by atoms with E-state index in [1.165, 1.54) is 0 Å². The quantitative estimate of drug-likeness (QED) is 0.790. The molecule has 1 aliphatic rings. The standard InChI is InChI=1S/C18H21N5O2/c1-9(14-8-23(4)21-10(14)2)19-17(24)13-7-15(12-5-6-12)20-18-16(13)11(3)22-25-18/h7-9,12H,5-6H2,1-4H3,(H,19,24). The number of aryl methyl sites for hydroxylation is 3. The SMILES string of the molecule is Cc1nn(C)cc1C(C)NC(=O)c1cc(C2CC2)nc2onc(C)c12. The van der Waals surface area contributed by atoms with E-state index >= 15 is 0 Å². The molecule has 7 heteroatoms. The summed E-state index contributed by atoms with van der Waals surface area (Å²) in [7, 11) is 1.87. The second-order valence-electron chi connectivity index (χ2n) is 6.86. The lowest BCUT2D eigenvalue weighted by Gasteiger charge is -2.14. The Balaban J connectivity index is 1.69. The van der Waals surface area contributed by atoms with Crippen LogP contribution in [0, 0.1) is 13.8 Å². The van der Waals surface area contributed by atoms with Gasteiger partial charge in [-0.15, -0.1) is 0 Å². The Hall–Kier alpha value is -2.70. The number of carbonyl (C=O) groups is 1. The van der Waals surface area contributed by atoms with Gasteiger partial charge in [0.05, 0.1) is 28.4 Å². The molecule has 3 aromatic rings. The van der Waals surface area contributed by atoms with Crippen molar-refractivity contribution in [3.63, 3.8) is 0 Å². The number of nitrogens with one attached hydrogen (secondary N) is 1. The van der Waals surface area contributed by atoms with Gasteiger partial charge in [0, 0.05) is 30.4 Å². The topological polar surface area (TPSA) is 85.8 Å². The number of rotatable bonds is 4. The second kappa shape index (κ2) is 5.68. The van der Waals surface area contributed by atoms with Gasteiger partial charge in [-0.1, -0.05) is 5.16 Å². The van der Waals surface area contributed by atoms with Crippen molar-refractivity contribution in [2.24, 2.45) is 7.05 Å². The Kier molecular flexibility index (Phi) is 3.59. The monoisotopic (exact) mass is 339 g/mol. The van der Waals surface area contributed by atoms with Crippen molar-refractivity contribution in [2.45, 2.75) is 45.6 Å². The summed E-state index contributed by atoms with van der Waals surface area (Å²) >= 11 is 0. The summed E-state index contributed by atoms with van der Waals surface area (Å²) in [4.78, 5) is 17.5. The average Bonchev–Trinajstić information content (AvgIpc) is 3.27. The number of hydrogen-bond donors (Lipinski definition) is 1. The molecule has 25 heavy (non-hydrogen) atoms. The van der Waals surface area contributed by atoms with Crippen molar-refractivity contribution >= 4 is 17.0 Å². The Morgan fingerprint density at radius 3 is 2.76 bits per heavy atom. The summed E-state index contributed by atoms with van der Waals surface area (Å²) < 4.78 is 7.07. The normalized spacial score (nSPS) is 15.5. The lowest BCUT2D eigenvalue weighted by Crippen LogP contribution is -2.27. The van der Waals surface area contributed by atoms with Crippen molar-refractivity contribution < 1.29 is 9.32 Å². The minimum Gasteiger partial charge on any atom is -0.345 e. The van der Waals surface area contributed by atoms with Crippen LogP contribution in [0.4, 0.5) is 0 Å². The van der Waals surface area contributed by atoms with Gasteiger partial charge in [-0.3, -0.25) is 9.48 Å². The molecule has 0 bridgehead atoms. The first-order valence-corrected chi connectivity index (χ1v) is 8.52. The largest absolute Gasteiger partial charge is 0.345 e. The molecule has 7 nitrogen and oxygen atoms in total. The second-order valence-corrected chi connectivity index (χ2v) is 6.86. The first-order valence-electron chi connectivity index (χ1n) is 8.52. The molecular formula is C18H21N5O2. The van der Waals surface area contributed by atoms with E-state index in [1.54, 1.807) is 4.68 Å². The molecule has 4 rings (SSSR count). The lowest BCUT2D eigenvalue weighted by atomic mass is 10.1. The molecule has 1 atom stereocenters. The molecule has 1 fully saturated rings. The van der Waals surface area contributed by atoms with E-state index in [0.717, 1.165) is 29.8 Å². The van der Waals surface area contributed by atoms with Crippen molar-refractivity contribution in [2.75, 3.05) is 0 Å². The molecule has 0 radical (unpaired) electrons. The molecule has 1 unspecified atom stereocenters. The summed E-state index contributed by atoms with van der Waals surface area (Å²) in [6.45, 7) is 5.73. The van der Waals surface area contributed by atoms with E-state index < -0.39 is 0 Å². The molecule has 0 aromatic carbocycles. The maximum Gasteiger partial charge on any atom is 0.259 e. The molecule has 1 amide bonds. The van der Waals surface area contributed by atoms with Gasteiger partial charge in [0.2, 0.25) is 0 Å². The van der Waals surface area contributed by atoms with Crippen LogP contribution in [0.2, 0.25) is 0 Å². The molecule has 1 aliphatic carbocycles. The van der Waals surface area contributed by atoms with Crippen LogP contribution in [0.15, 0.2) is 16.8 Å². The van der Waals surface area contributed by atoms with Crippen LogP contribution in [0.5, 0.6) is 0 Å². The number of nitrogens with zero attached hydrogens (tertiary/aromatic N) is 4. The predicted octanol–water partition coefficient (Wildman–Crippen LogP) is 2.94. The van der Waals surface area contributed by atoms with Crippen LogP contribution in [0.25, 0.3) is 11.1 Å². The third kappa shape index (κ3) is 2.79. The highest BCUT2D eigenvalue weighted by molar-refractivity contribution is 6.06. The first-order chi connectivity index (χ1) is 11.9. The summed E-state index contributed by atoms with van der Waals surface area (Å²) in [5, 5.41) is 12.1. The van der Waals surface area contributed by atoms with Gasteiger partial charge in [0.25, 0.3) is 11.6 Å². The van der Waals surface area contributed by atoms with Gasteiger partial charge in [0.15, 0.2) is 0 Å². The van der Waals surface area contributed by atoms with Gasteiger partial charge < -0.3 is 9.84 Å². The molecule has 3 aromatic heterocycles. The van der Waals surface area contributed by atoms with Crippen LogP contribution >= 0.6 is 0 Å². The van der Waals surface area contributed by atoms with Crippen LogP contribution in [-0.4, -0.2) is 25.8 Å². The van der Waals surface area contributed by atoms with Gasteiger partial charge in [-0.05, 0) is 39.7 Å². The maximum absolute atomic E-state index is 13.0. The van der Waals surface area contributed by atoms with Gasteiger partial charge in [-0.2, -0.15) is 5.10 Å². The summed E-state index contributed by atoms with van der Waals surface area (Å²) in [5.74, 6) is 0.288. The highest BCUT2D eigenvalue weighted by Gasteiger charge is 2.29. The molecule has 3 heterocycles. The van der Waals surface area contributed by atoms with Crippen LogP contribution in [-0.2, 0) is 7.05 Å². The zero-order valence-corrected chi connectivity index (χ0v) is 14.8. The summed E-state index contributed by atoms with van der Waals surface area (Å²) in [5.41, 5.74) is 4.54. The first kappa shape index (κ1) is 15.8. The van der Waals surface area contributed by atoms with Crippen molar-refractivity contribution in [3.05, 3.63) is 40.5 Å². The molecular weight excluding hydrogens is 318 g/mol. The predicted molar refractivity (Wildman–Crippen MR) is 92.3 cm³/mol. The van der Waals surface area contributed by atoms with Gasteiger partial charge in [0.1, 0.15) is 0 Å². The fourth-order valence-corrected chi connectivity index (χ4v) is 3.28. The van der Waals surface area contributed by atoms with Crippen molar-refractivity contribution in [1.82, 2.24) is 25.2 Å². The van der Waals surface area contributed by atoms with Crippen LogP contribution < -0.4 is 5.32 Å². The molecule has 130 valence electrons. The third-order valence-corrected chi connectivity index (χ3v) is 4.74. The number of fused-ring (bicyclic) bond motifs is 1. The van der Waals surface area contributed by atoms with E-state index in [1.807, 2.05) is 40.1 Å². The number of carbonyl (C=O) groups excluding carboxylic acids is 1. The Morgan fingerprint density at radius 1 is 1.36 bits per heavy atom. The minimum atomic E-state index is -0.144.